The molecule has 5 nitrogen and oxygen atoms in total. The third kappa shape index (κ3) is 3.63. The first-order chi connectivity index (χ1) is 9.80. The summed E-state index contributed by atoms with van der Waals surface area (Å²) in [4.78, 5) is 28.2. The lowest BCUT2D eigenvalue weighted by atomic mass is 9.86. The monoisotopic (exact) mass is 309 g/mol. The van der Waals surface area contributed by atoms with Gasteiger partial charge in [-0.25, -0.2) is 0 Å². The summed E-state index contributed by atoms with van der Waals surface area (Å²) in [5, 5.41) is 3.75. The first-order valence-corrected chi connectivity index (χ1v) is 8.11. The van der Waals surface area contributed by atoms with Crippen molar-refractivity contribution in [1.29, 1.82) is 0 Å². The Morgan fingerprint density at radius 2 is 1.76 bits per heavy atom. The Bertz CT molecular complexity index is 499. The number of nitrogens with two attached hydrogens (primary N) is 1. The molecular formula is C15H23N3O2S. The van der Waals surface area contributed by atoms with Gasteiger partial charge in [0.25, 0.3) is 5.91 Å². The molecular weight excluding hydrogens is 286 g/mol. The van der Waals surface area contributed by atoms with Crippen LogP contribution in [0.4, 0.5) is 0 Å². The molecule has 21 heavy (non-hydrogen) atoms. The van der Waals surface area contributed by atoms with Gasteiger partial charge in [-0.05, 0) is 16.9 Å². The second kappa shape index (κ2) is 6.15. The van der Waals surface area contributed by atoms with Crippen molar-refractivity contribution in [2.45, 2.75) is 26.8 Å². The van der Waals surface area contributed by atoms with E-state index in [0.29, 0.717) is 26.2 Å². The summed E-state index contributed by atoms with van der Waals surface area (Å²) in [6, 6.07) is 1.33. The Morgan fingerprint density at radius 3 is 2.24 bits per heavy atom. The molecule has 0 saturated carbocycles. The first-order valence-electron chi connectivity index (χ1n) is 7.16. The van der Waals surface area contributed by atoms with Crippen molar-refractivity contribution < 1.29 is 9.59 Å². The zero-order valence-electron chi connectivity index (χ0n) is 12.8. The molecule has 2 rings (SSSR count). The maximum atomic E-state index is 12.3. The molecule has 1 aliphatic heterocycles. The highest BCUT2D eigenvalue weighted by molar-refractivity contribution is 7.08. The summed E-state index contributed by atoms with van der Waals surface area (Å²) in [5.74, 6) is 0.0219. The molecule has 1 aliphatic rings. The Balaban J connectivity index is 1.92. The van der Waals surface area contributed by atoms with Crippen molar-refractivity contribution in [3.05, 3.63) is 22.4 Å². The standard InChI is InChI=1S/C15H23N3O2S/c1-15(2,3)12(16)14(20)18-7-5-17(6-8-18)13(19)11-4-9-21-10-11/h4,9-10,12H,5-8,16H2,1-3H3. The van der Waals surface area contributed by atoms with Gasteiger partial charge in [0.2, 0.25) is 5.91 Å². The highest BCUT2D eigenvalue weighted by Crippen LogP contribution is 2.20. The molecule has 0 aliphatic carbocycles. The number of amides is 2. The third-order valence-corrected chi connectivity index (χ3v) is 4.53. The smallest absolute Gasteiger partial charge is 0.254 e. The Morgan fingerprint density at radius 1 is 1.19 bits per heavy atom. The molecule has 1 unspecified atom stereocenters. The topological polar surface area (TPSA) is 66.6 Å². The van der Waals surface area contributed by atoms with Gasteiger partial charge >= 0.3 is 0 Å². The predicted octanol–water partition coefficient (Wildman–Crippen LogP) is 1.41. The zero-order chi connectivity index (χ0) is 15.6. The number of nitrogens with zero attached hydrogens (tertiary/aromatic N) is 2. The number of hydrogen-bond donors (Lipinski definition) is 1. The Kier molecular flexibility index (Phi) is 4.68. The summed E-state index contributed by atoms with van der Waals surface area (Å²) >= 11 is 1.52. The molecule has 2 heterocycles. The van der Waals surface area contributed by atoms with E-state index in [1.54, 1.807) is 9.80 Å². The van der Waals surface area contributed by atoms with Gasteiger partial charge < -0.3 is 15.5 Å². The minimum Gasteiger partial charge on any atom is -0.338 e. The van der Waals surface area contributed by atoms with Crippen LogP contribution in [0.15, 0.2) is 16.8 Å². The van der Waals surface area contributed by atoms with E-state index in [0.717, 1.165) is 5.56 Å². The van der Waals surface area contributed by atoms with E-state index in [4.69, 9.17) is 5.73 Å². The fourth-order valence-corrected chi connectivity index (χ4v) is 2.90. The molecule has 1 fully saturated rings. The van der Waals surface area contributed by atoms with Crippen molar-refractivity contribution in [3.63, 3.8) is 0 Å². The van der Waals surface area contributed by atoms with E-state index in [2.05, 4.69) is 0 Å². The number of piperazine rings is 1. The van der Waals surface area contributed by atoms with Crippen LogP contribution in [0.2, 0.25) is 0 Å². The van der Waals surface area contributed by atoms with Gasteiger partial charge in [-0.15, -0.1) is 0 Å². The van der Waals surface area contributed by atoms with Crippen LogP contribution in [0.1, 0.15) is 31.1 Å². The SMILES string of the molecule is CC(C)(C)C(N)C(=O)N1CCN(C(=O)c2ccsc2)CC1. The second-order valence-electron chi connectivity index (χ2n) is 6.47. The van der Waals surface area contributed by atoms with E-state index >= 15 is 0 Å². The van der Waals surface area contributed by atoms with Crippen molar-refractivity contribution >= 4 is 23.2 Å². The van der Waals surface area contributed by atoms with Gasteiger partial charge in [0.15, 0.2) is 0 Å². The molecule has 1 aromatic rings. The van der Waals surface area contributed by atoms with Crippen LogP contribution >= 0.6 is 11.3 Å². The molecule has 116 valence electrons. The number of thiophene rings is 1. The molecule has 1 atom stereocenters. The van der Waals surface area contributed by atoms with Crippen LogP contribution in [-0.2, 0) is 4.79 Å². The highest BCUT2D eigenvalue weighted by atomic mass is 32.1. The minimum atomic E-state index is -0.503. The summed E-state index contributed by atoms with van der Waals surface area (Å²) in [6.45, 7) is 8.13. The quantitative estimate of drug-likeness (QED) is 0.898. The molecule has 0 aromatic carbocycles. The fourth-order valence-electron chi connectivity index (χ4n) is 2.27. The van der Waals surface area contributed by atoms with Crippen molar-refractivity contribution in [2.75, 3.05) is 26.2 Å². The maximum Gasteiger partial charge on any atom is 0.254 e. The average Bonchev–Trinajstić information content (AvgIpc) is 2.98. The second-order valence-corrected chi connectivity index (χ2v) is 7.25. The number of rotatable bonds is 2. The third-order valence-electron chi connectivity index (χ3n) is 3.85. The van der Waals surface area contributed by atoms with E-state index in [1.165, 1.54) is 11.3 Å². The number of carbonyl (C=O) groups excluding carboxylic acids is 2. The van der Waals surface area contributed by atoms with Gasteiger partial charge in [0, 0.05) is 31.6 Å². The lowest BCUT2D eigenvalue weighted by molar-refractivity contribution is -0.136. The maximum absolute atomic E-state index is 12.3. The van der Waals surface area contributed by atoms with E-state index in [9.17, 15) is 9.59 Å². The number of carbonyl (C=O) groups is 2. The molecule has 1 saturated heterocycles. The predicted molar refractivity (Wildman–Crippen MR) is 84.2 cm³/mol. The molecule has 0 spiro atoms. The summed E-state index contributed by atoms with van der Waals surface area (Å²) in [7, 11) is 0. The van der Waals surface area contributed by atoms with Crippen LogP contribution in [-0.4, -0.2) is 53.8 Å². The molecule has 6 heteroatoms. The zero-order valence-corrected chi connectivity index (χ0v) is 13.7. The largest absolute Gasteiger partial charge is 0.338 e. The van der Waals surface area contributed by atoms with E-state index < -0.39 is 6.04 Å². The molecule has 1 aromatic heterocycles. The lowest BCUT2D eigenvalue weighted by Gasteiger charge is -2.38. The highest BCUT2D eigenvalue weighted by Gasteiger charge is 2.33. The van der Waals surface area contributed by atoms with Gasteiger partial charge in [-0.1, -0.05) is 20.8 Å². The summed E-state index contributed by atoms with van der Waals surface area (Å²) in [6.07, 6.45) is 0. The van der Waals surface area contributed by atoms with Crippen molar-refractivity contribution in [3.8, 4) is 0 Å². The fraction of sp³-hybridized carbons (Fsp3) is 0.600. The van der Waals surface area contributed by atoms with Gasteiger partial charge in [-0.3, -0.25) is 9.59 Å². The minimum absolute atomic E-state index is 0.0230. The van der Waals surface area contributed by atoms with Gasteiger partial charge in [0.1, 0.15) is 0 Å². The lowest BCUT2D eigenvalue weighted by Crippen LogP contribution is -2.56. The Labute approximate surface area is 129 Å². The van der Waals surface area contributed by atoms with Gasteiger partial charge in [0.05, 0.1) is 11.6 Å². The Hall–Kier alpha value is -1.40. The summed E-state index contributed by atoms with van der Waals surface area (Å²) in [5.41, 5.74) is 6.50. The normalized spacial score (nSPS) is 17.7. The first kappa shape index (κ1) is 16.0. The molecule has 0 bridgehead atoms. The van der Waals surface area contributed by atoms with Crippen LogP contribution in [0, 0.1) is 5.41 Å². The molecule has 0 radical (unpaired) electrons. The van der Waals surface area contributed by atoms with Crippen LogP contribution in [0.3, 0.4) is 0 Å². The van der Waals surface area contributed by atoms with Crippen LogP contribution in [0.5, 0.6) is 0 Å². The van der Waals surface area contributed by atoms with E-state index in [1.807, 2.05) is 37.6 Å². The average molecular weight is 309 g/mol. The van der Waals surface area contributed by atoms with Crippen molar-refractivity contribution in [1.82, 2.24) is 9.80 Å². The van der Waals surface area contributed by atoms with E-state index in [-0.39, 0.29) is 17.2 Å². The van der Waals surface area contributed by atoms with Crippen molar-refractivity contribution in [2.24, 2.45) is 11.1 Å². The van der Waals surface area contributed by atoms with Crippen LogP contribution < -0.4 is 5.73 Å². The number of hydrogen-bond acceptors (Lipinski definition) is 4. The summed E-state index contributed by atoms with van der Waals surface area (Å²) < 4.78 is 0. The van der Waals surface area contributed by atoms with Crippen LogP contribution in [0.25, 0.3) is 0 Å². The van der Waals surface area contributed by atoms with Gasteiger partial charge in [-0.2, -0.15) is 11.3 Å². The molecule has 2 amide bonds. The molecule has 2 N–H and O–H groups in total.